The zero-order valence-electron chi connectivity index (χ0n) is 16.9. The smallest absolute Gasteiger partial charge is 0.251 e. The molecule has 1 aliphatic heterocycles. The van der Waals surface area contributed by atoms with E-state index in [4.69, 9.17) is 14.2 Å². The Hall–Kier alpha value is -2.05. The van der Waals surface area contributed by atoms with Gasteiger partial charge in [0.15, 0.2) is 11.5 Å². The number of amides is 1. The van der Waals surface area contributed by atoms with Crippen molar-refractivity contribution in [2.45, 2.75) is 37.6 Å². The van der Waals surface area contributed by atoms with Crippen LogP contribution in [0.1, 0.15) is 42.5 Å². The van der Waals surface area contributed by atoms with Crippen LogP contribution >= 0.6 is 0 Å². The van der Waals surface area contributed by atoms with E-state index in [9.17, 15) is 4.79 Å². The maximum atomic E-state index is 12.8. The number of nitrogens with one attached hydrogen (secondary N) is 1. The van der Waals surface area contributed by atoms with Gasteiger partial charge in [0.2, 0.25) is 0 Å². The van der Waals surface area contributed by atoms with Crippen LogP contribution in [0.5, 0.6) is 11.5 Å². The second-order valence-corrected chi connectivity index (χ2v) is 7.53. The standard InChI is InChI=1S/C22H32N2O4/c1-3-13-28-19-8-7-18(16-20(19)26-2)21(25)23-17-22(9-5-4-6-10-22)24-11-14-27-15-12-24/h3,7-8,16H,1,4-6,9-15,17H2,2H3,(H,23,25). The molecule has 28 heavy (non-hydrogen) atoms. The molecule has 1 saturated carbocycles. The molecule has 1 aromatic carbocycles. The van der Waals surface area contributed by atoms with Crippen molar-refractivity contribution in [3.8, 4) is 11.5 Å². The van der Waals surface area contributed by atoms with Gasteiger partial charge < -0.3 is 19.5 Å². The van der Waals surface area contributed by atoms with E-state index in [0.29, 0.717) is 30.2 Å². The molecule has 1 aliphatic carbocycles. The molecule has 0 atom stereocenters. The molecule has 1 heterocycles. The molecule has 6 heteroatoms. The van der Waals surface area contributed by atoms with E-state index in [1.807, 2.05) is 0 Å². The van der Waals surface area contributed by atoms with Gasteiger partial charge in [-0.15, -0.1) is 0 Å². The molecule has 3 rings (SSSR count). The highest BCUT2D eigenvalue weighted by Crippen LogP contribution is 2.34. The number of hydrogen-bond acceptors (Lipinski definition) is 5. The third-order valence-corrected chi connectivity index (χ3v) is 5.83. The number of benzene rings is 1. The van der Waals surface area contributed by atoms with Gasteiger partial charge in [0.05, 0.1) is 20.3 Å². The second kappa shape index (κ2) is 9.94. The van der Waals surface area contributed by atoms with Crippen LogP contribution in [0.4, 0.5) is 0 Å². The van der Waals surface area contributed by atoms with Crippen LogP contribution in [0.25, 0.3) is 0 Å². The topological polar surface area (TPSA) is 60.0 Å². The molecule has 1 N–H and O–H groups in total. The Morgan fingerprint density at radius 1 is 1.25 bits per heavy atom. The summed E-state index contributed by atoms with van der Waals surface area (Å²) in [6.45, 7) is 8.15. The summed E-state index contributed by atoms with van der Waals surface area (Å²) in [7, 11) is 1.58. The van der Waals surface area contributed by atoms with Crippen LogP contribution in [0.15, 0.2) is 30.9 Å². The second-order valence-electron chi connectivity index (χ2n) is 7.53. The van der Waals surface area contributed by atoms with Gasteiger partial charge in [0.25, 0.3) is 5.91 Å². The van der Waals surface area contributed by atoms with Crippen LogP contribution in [0.2, 0.25) is 0 Å². The van der Waals surface area contributed by atoms with Crippen molar-refractivity contribution in [2.24, 2.45) is 0 Å². The van der Waals surface area contributed by atoms with Crippen molar-refractivity contribution < 1.29 is 19.0 Å². The van der Waals surface area contributed by atoms with Crippen LogP contribution in [0, 0.1) is 0 Å². The summed E-state index contributed by atoms with van der Waals surface area (Å²) in [5.74, 6) is 1.08. The third-order valence-electron chi connectivity index (χ3n) is 5.83. The van der Waals surface area contributed by atoms with Crippen LogP contribution in [0.3, 0.4) is 0 Å². The molecule has 1 amide bonds. The predicted octanol–water partition coefficient (Wildman–Crippen LogP) is 3.02. The van der Waals surface area contributed by atoms with E-state index in [-0.39, 0.29) is 11.4 Å². The lowest BCUT2D eigenvalue weighted by Gasteiger charge is -2.48. The average molecular weight is 389 g/mol. The summed E-state index contributed by atoms with van der Waals surface area (Å²) >= 11 is 0. The Bertz CT molecular complexity index is 665. The lowest BCUT2D eigenvalue weighted by Crippen LogP contribution is -2.59. The fourth-order valence-electron chi connectivity index (χ4n) is 4.28. The lowest BCUT2D eigenvalue weighted by atomic mass is 9.79. The fraction of sp³-hybridized carbons (Fsp3) is 0.591. The highest BCUT2D eigenvalue weighted by molar-refractivity contribution is 5.95. The van der Waals surface area contributed by atoms with Crippen molar-refractivity contribution in [3.05, 3.63) is 36.4 Å². The molecular formula is C22H32N2O4. The molecule has 0 bridgehead atoms. The molecular weight excluding hydrogens is 356 g/mol. The zero-order chi connectivity index (χ0) is 19.8. The molecule has 6 nitrogen and oxygen atoms in total. The van der Waals surface area contributed by atoms with Crippen molar-refractivity contribution >= 4 is 5.91 Å². The van der Waals surface area contributed by atoms with E-state index in [1.54, 1.807) is 31.4 Å². The molecule has 0 aromatic heterocycles. The minimum Gasteiger partial charge on any atom is -0.493 e. The van der Waals surface area contributed by atoms with Gasteiger partial charge in [-0.3, -0.25) is 9.69 Å². The molecule has 0 unspecified atom stereocenters. The number of methoxy groups -OCH3 is 1. The lowest BCUT2D eigenvalue weighted by molar-refractivity contribution is -0.0361. The van der Waals surface area contributed by atoms with Crippen molar-refractivity contribution in [3.63, 3.8) is 0 Å². The summed E-state index contributed by atoms with van der Waals surface area (Å²) in [5, 5.41) is 3.19. The van der Waals surface area contributed by atoms with E-state index >= 15 is 0 Å². The number of hydrogen-bond donors (Lipinski definition) is 1. The molecule has 1 saturated heterocycles. The first-order chi connectivity index (χ1) is 13.7. The van der Waals surface area contributed by atoms with Gasteiger partial charge in [-0.2, -0.15) is 0 Å². The predicted molar refractivity (Wildman–Crippen MR) is 109 cm³/mol. The van der Waals surface area contributed by atoms with Gasteiger partial charge >= 0.3 is 0 Å². The number of morpholine rings is 1. The first-order valence-electron chi connectivity index (χ1n) is 10.2. The number of nitrogens with zero attached hydrogens (tertiary/aromatic N) is 1. The van der Waals surface area contributed by atoms with Gasteiger partial charge in [-0.05, 0) is 31.0 Å². The summed E-state index contributed by atoms with van der Waals surface area (Å²) < 4.78 is 16.5. The van der Waals surface area contributed by atoms with Gasteiger partial charge in [0, 0.05) is 30.7 Å². The van der Waals surface area contributed by atoms with Gasteiger partial charge in [-0.1, -0.05) is 31.9 Å². The van der Waals surface area contributed by atoms with E-state index < -0.39 is 0 Å². The summed E-state index contributed by atoms with van der Waals surface area (Å²) in [6.07, 6.45) is 7.65. The summed E-state index contributed by atoms with van der Waals surface area (Å²) in [5.41, 5.74) is 0.630. The van der Waals surface area contributed by atoms with E-state index in [2.05, 4.69) is 16.8 Å². The largest absolute Gasteiger partial charge is 0.493 e. The summed E-state index contributed by atoms with van der Waals surface area (Å²) in [4.78, 5) is 15.4. The Kier molecular flexibility index (Phi) is 7.34. The zero-order valence-corrected chi connectivity index (χ0v) is 16.9. The Balaban J connectivity index is 1.67. The first-order valence-corrected chi connectivity index (χ1v) is 10.2. The van der Waals surface area contributed by atoms with Crippen LogP contribution < -0.4 is 14.8 Å². The maximum Gasteiger partial charge on any atom is 0.251 e. The number of ether oxygens (including phenoxy) is 3. The number of carbonyl (C=O) groups is 1. The first kappa shape index (κ1) is 20.7. The highest BCUT2D eigenvalue weighted by Gasteiger charge is 2.38. The Morgan fingerprint density at radius 3 is 2.68 bits per heavy atom. The molecule has 1 aromatic rings. The molecule has 0 radical (unpaired) electrons. The number of rotatable bonds is 8. The quantitative estimate of drug-likeness (QED) is 0.694. The van der Waals surface area contributed by atoms with Crippen LogP contribution in [-0.2, 0) is 4.74 Å². The minimum absolute atomic E-state index is 0.0504. The SMILES string of the molecule is C=CCOc1ccc(C(=O)NCC2(N3CCOCC3)CCCCC2)cc1OC. The molecule has 2 fully saturated rings. The molecule has 0 spiro atoms. The molecule has 2 aliphatic rings. The average Bonchev–Trinajstić information content (AvgIpc) is 2.77. The van der Waals surface area contributed by atoms with Crippen LogP contribution in [-0.4, -0.2) is 62.9 Å². The normalized spacial score (nSPS) is 19.6. The van der Waals surface area contributed by atoms with E-state index in [1.165, 1.54) is 19.3 Å². The third kappa shape index (κ3) is 4.86. The number of carbonyl (C=O) groups excluding carboxylic acids is 1. The maximum absolute atomic E-state index is 12.8. The van der Waals surface area contributed by atoms with Crippen molar-refractivity contribution in [1.82, 2.24) is 10.2 Å². The van der Waals surface area contributed by atoms with Crippen molar-refractivity contribution in [1.29, 1.82) is 0 Å². The Labute approximate surface area is 167 Å². The summed E-state index contributed by atoms with van der Waals surface area (Å²) in [6, 6.07) is 5.28. The monoisotopic (exact) mass is 388 g/mol. The van der Waals surface area contributed by atoms with E-state index in [0.717, 1.165) is 39.1 Å². The molecule has 154 valence electrons. The minimum atomic E-state index is -0.0771. The highest BCUT2D eigenvalue weighted by atomic mass is 16.5. The van der Waals surface area contributed by atoms with Crippen molar-refractivity contribution in [2.75, 3.05) is 46.6 Å². The fourth-order valence-corrected chi connectivity index (χ4v) is 4.28. The van der Waals surface area contributed by atoms with Gasteiger partial charge in [-0.25, -0.2) is 0 Å². The van der Waals surface area contributed by atoms with Gasteiger partial charge in [0.1, 0.15) is 6.61 Å². The Morgan fingerprint density at radius 2 is 2.00 bits per heavy atom.